The summed E-state index contributed by atoms with van der Waals surface area (Å²) in [5.41, 5.74) is 21.7. The Hall–Kier alpha value is -14.4. The van der Waals surface area contributed by atoms with E-state index in [4.69, 9.17) is 50.6 Å². The molecule has 0 fully saturated rings. The van der Waals surface area contributed by atoms with Crippen LogP contribution in [0.4, 0.5) is 0 Å². The zero-order valence-electron chi connectivity index (χ0n) is 99.2. The van der Waals surface area contributed by atoms with Gasteiger partial charge in [-0.1, -0.05) is 211 Å². The molecule has 12 aromatic heterocycles. The van der Waals surface area contributed by atoms with Crippen molar-refractivity contribution >= 4 is 87.8 Å². The molecule has 0 spiro atoms. The Morgan fingerprint density at radius 1 is 0.200 bits per heavy atom. The Bertz CT molecular complexity index is 8890. The number of pyridine rings is 8. The zero-order chi connectivity index (χ0) is 114. The van der Waals surface area contributed by atoms with Gasteiger partial charge in [0.25, 0.3) is 0 Å². The van der Waals surface area contributed by atoms with E-state index < -0.39 is 54.8 Å². The van der Waals surface area contributed by atoms with Crippen molar-refractivity contribution in [3.8, 4) is 90.1 Å². The Kier molecular flexibility index (Phi) is 26.0. The van der Waals surface area contributed by atoms with E-state index in [1.807, 2.05) is 249 Å². The molecule has 12 nitrogen and oxygen atoms in total. The first-order valence-electron chi connectivity index (χ1n) is 55.0. The van der Waals surface area contributed by atoms with Crippen LogP contribution in [-0.4, -0.2) is 39.9 Å². The van der Waals surface area contributed by atoms with Crippen molar-refractivity contribution in [3.63, 3.8) is 0 Å². The Morgan fingerprint density at radius 3 is 0.786 bits per heavy atom. The topological polar surface area (TPSA) is 156 Å². The SMILES string of the molecule is [2H]C([2H])([2H])c1ccc(-c2[c-]ccc3c2oc2ccccc23)nc1.[2H]C([2H])([2H])c1ccnc(-c2[c-]ccc3c2oc2ccccc23)c1.[2H]C([2H])([2H])c1cnc(-c2[c-]ccc3c2oc2ccccc23)cc1C([2H])([2H])[2H].[2H]C([2H])([2H])c1cnc(-c2[c-]cccc2)cc1C.[2H]C([2H])([2H])c1cnc(-c2[c-]cccc2)cc1C.[2H]C([2H])([2H])c1cnc(-c2[c-]cccc2)cc1C.[2H]C([2H])([2H])c1cnc(-c2[c-]cccc2)cc1C.[Ir].[Ir].[Ir].[Ir].[c-]1ccc2c(oc3ccccc32)c1-c1ccccn1. The van der Waals surface area contributed by atoms with Crippen LogP contribution in [-0.2, 0) is 80.4 Å². The number of furan rings is 4. The first-order valence-corrected chi connectivity index (χ1v) is 43.0. The molecule has 16 heteroatoms. The van der Waals surface area contributed by atoms with Crippen LogP contribution in [0, 0.1) is 131 Å². The van der Waals surface area contributed by atoms with Crippen LogP contribution in [0.3, 0.4) is 0 Å². The summed E-state index contributed by atoms with van der Waals surface area (Å²) in [7, 11) is 0. The van der Waals surface area contributed by atoms with Gasteiger partial charge in [-0.15, -0.1) is 216 Å². The molecule has 12 aromatic carbocycles. The number of fused-ring (bicyclic) bond motifs is 12. The van der Waals surface area contributed by atoms with E-state index in [0.717, 1.165) is 156 Å². The van der Waals surface area contributed by atoms with Crippen LogP contribution in [0.25, 0.3) is 178 Å². The standard InChI is InChI=1S/C19H14NO.2C18H12NO.C17H10NO.4C13H12N.4Ir/c1-12-10-17(20-11-13(12)2)16-8-5-7-15-14-6-3-4-9-18(14)21-19(15)16;1-12-9-10-19-16(11-12)15-7-4-6-14-13-5-2-3-8-17(13)20-18(14)15;1-12-9-10-16(19-11-12)15-7-4-6-14-13-5-2-3-8-17(13)20-18(14)15;1-2-10-16-12(6-1)13-7-5-8-14(17(13)19-16)15-9-3-4-11-18-15;4*1-10-8-13(14-9-11(10)2)12-6-4-3-5-7-12;;;;/h3-7,9-11H,1-2H3;2*2-6,8-11H,1H3;1-7,9-11H;4*3-6,8-9H,1-2H3;;;;/q8*-1;;;;/i1D3,2D3;2*1D3;;4*2D3;;;;. The molecular formula is C124H96Ir4N8O4-8. The first kappa shape index (κ1) is 74.7. The molecule has 4 radical (unpaired) electrons. The normalized spacial score (nSPS) is 13.7. The van der Waals surface area contributed by atoms with E-state index in [9.17, 15) is 0 Å². The van der Waals surface area contributed by atoms with Crippen LogP contribution < -0.4 is 0 Å². The molecule has 12 heterocycles. The van der Waals surface area contributed by atoms with Crippen LogP contribution in [0.2, 0.25) is 0 Å². The van der Waals surface area contributed by atoms with Gasteiger partial charge in [0.15, 0.2) is 0 Å². The molecule has 0 unspecified atom stereocenters. The summed E-state index contributed by atoms with van der Waals surface area (Å²) in [6, 6.07) is 122. The average Bonchev–Trinajstić information content (AvgIpc) is 1.61. The smallest absolute Gasteiger partial charge is 0.120 e. The van der Waals surface area contributed by atoms with Crippen molar-refractivity contribution in [3.05, 3.63) is 480 Å². The summed E-state index contributed by atoms with van der Waals surface area (Å²) in [6.07, 6.45) is 11.5. The van der Waals surface area contributed by atoms with Crippen LogP contribution in [0.5, 0.6) is 0 Å². The van der Waals surface area contributed by atoms with Gasteiger partial charge in [-0.05, 0) is 198 Å². The molecule has 0 N–H and O–H groups in total. The van der Waals surface area contributed by atoms with Crippen molar-refractivity contribution in [2.45, 2.75) is 82.5 Å². The molecule has 0 aliphatic rings. The molecule has 0 bridgehead atoms. The second kappa shape index (κ2) is 48.8. The number of aryl methyl sites for hydroxylation is 12. The molecule has 0 saturated carbocycles. The minimum absolute atomic E-state index is 0. The van der Waals surface area contributed by atoms with Gasteiger partial charge in [0.05, 0.1) is 22.3 Å². The van der Waals surface area contributed by atoms with Crippen LogP contribution >= 0.6 is 0 Å². The van der Waals surface area contributed by atoms with E-state index in [1.54, 1.807) is 82.4 Å². The van der Waals surface area contributed by atoms with Crippen LogP contribution in [0.1, 0.15) is 99.7 Å². The monoisotopic (exact) mass is 2560 g/mol. The fraction of sp³-hybridized carbons (Fsp3) is 0.0968. The Morgan fingerprint density at radius 2 is 0.486 bits per heavy atom. The number of rotatable bonds is 8. The molecule has 0 atom stereocenters. The van der Waals surface area contributed by atoms with Gasteiger partial charge < -0.3 is 57.5 Å². The minimum atomic E-state index is -2.58. The van der Waals surface area contributed by atoms with Crippen molar-refractivity contribution < 1.29 is 131 Å². The third-order valence-electron chi connectivity index (χ3n) is 21.9. The second-order valence-electron chi connectivity index (χ2n) is 31.1. The molecule has 140 heavy (non-hydrogen) atoms. The summed E-state index contributed by atoms with van der Waals surface area (Å²) < 4.78 is 203. The number of benzene rings is 12. The summed E-state index contributed by atoms with van der Waals surface area (Å²) in [5.74, 6) is 0. The van der Waals surface area contributed by atoms with Gasteiger partial charge in [0.2, 0.25) is 0 Å². The van der Waals surface area contributed by atoms with Gasteiger partial charge in [-0.25, -0.2) is 0 Å². The summed E-state index contributed by atoms with van der Waals surface area (Å²) in [4.78, 5) is 33.9. The molecule has 0 saturated heterocycles. The number of para-hydroxylation sites is 4. The fourth-order valence-electron chi connectivity index (χ4n) is 14.8. The predicted molar refractivity (Wildman–Crippen MR) is 554 cm³/mol. The summed E-state index contributed by atoms with van der Waals surface area (Å²) >= 11 is 0. The summed E-state index contributed by atoms with van der Waals surface area (Å²) in [6.45, 7) is -10.7. The Balaban J connectivity index is 0.000000155. The fourth-order valence-corrected chi connectivity index (χ4v) is 14.8. The quantitative estimate of drug-likeness (QED) is 0.133. The molecule has 700 valence electrons. The average molecular weight is 2560 g/mol. The van der Waals surface area contributed by atoms with E-state index in [-0.39, 0.29) is 103 Å². The van der Waals surface area contributed by atoms with Crippen molar-refractivity contribution in [2.75, 3.05) is 0 Å². The minimum Gasteiger partial charge on any atom is -0.501 e. The molecule has 0 aliphatic carbocycles. The molecule has 0 aliphatic heterocycles. The molecule has 24 rings (SSSR count). The van der Waals surface area contributed by atoms with E-state index in [2.05, 4.69) is 94.5 Å². The Labute approximate surface area is 905 Å². The third kappa shape index (κ3) is 24.7. The number of nitrogens with zero attached hydrogens (tertiary/aromatic N) is 8. The number of hydrogen-bond donors (Lipinski definition) is 0. The van der Waals surface area contributed by atoms with Gasteiger partial charge in [0, 0.05) is 184 Å². The molecule has 24 aromatic rings. The van der Waals surface area contributed by atoms with Gasteiger partial charge in [-0.2, -0.15) is 0 Å². The van der Waals surface area contributed by atoms with E-state index in [0.29, 0.717) is 72.8 Å². The molecular weight excluding hydrogens is 2430 g/mol. The van der Waals surface area contributed by atoms with Crippen molar-refractivity contribution in [1.29, 1.82) is 0 Å². The van der Waals surface area contributed by atoms with Crippen molar-refractivity contribution in [2.24, 2.45) is 0 Å². The largest absolute Gasteiger partial charge is 0.501 e. The molecule has 0 amide bonds. The van der Waals surface area contributed by atoms with Crippen LogP contribution in [0.15, 0.2) is 383 Å². The zero-order valence-corrected chi connectivity index (χ0v) is 84.8. The first-order chi connectivity index (χ1) is 76.1. The number of hydrogen-bond acceptors (Lipinski definition) is 12. The van der Waals surface area contributed by atoms with Crippen molar-refractivity contribution in [1.82, 2.24) is 39.9 Å². The summed E-state index contributed by atoms with van der Waals surface area (Å²) in [5, 5.41) is 8.04. The predicted octanol–water partition coefficient (Wildman–Crippen LogP) is 31.7. The second-order valence-corrected chi connectivity index (χ2v) is 31.1. The maximum Gasteiger partial charge on any atom is 0.120 e. The van der Waals surface area contributed by atoms with Gasteiger partial charge in [0.1, 0.15) is 22.3 Å². The third-order valence-corrected chi connectivity index (χ3v) is 21.9. The van der Waals surface area contributed by atoms with Gasteiger partial charge >= 0.3 is 0 Å². The maximum absolute atomic E-state index is 7.73. The number of aromatic nitrogens is 8. The maximum atomic E-state index is 7.73. The van der Waals surface area contributed by atoms with E-state index in [1.165, 1.54) is 49.3 Å². The van der Waals surface area contributed by atoms with Gasteiger partial charge in [-0.3, -0.25) is 0 Å². The van der Waals surface area contributed by atoms with E-state index >= 15 is 0 Å².